The number of carbonyl (C=O) groups is 3. The number of hydrogen-bond acceptors (Lipinski definition) is 5. The number of fused-ring (bicyclic) bond motifs is 2. The van der Waals surface area contributed by atoms with E-state index in [0.29, 0.717) is 23.0 Å². The van der Waals surface area contributed by atoms with Crippen LogP contribution in [0, 0.1) is 0 Å². The van der Waals surface area contributed by atoms with Gasteiger partial charge in [0, 0.05) is 40.2 Å². The molecule has 0 saturated heterocycles. The Labute approximate surface area is 166 Å². The maximum atomic E-state index is 13.1. The summed E-state index contributed by atoms with van der Waals surface area (Å²) in [7, 11) is 0. The third kappa shape index (κ3) is 3.28. The highest BCUT2D eigenvalue weighted by molar-refractivity contribution is 8.23. The predicted octanol–water partition coefficient (Wildman–Crippen LogP) is 3.88. The molecule has 0 atom stereocenters. The average Bonchev–Trinajstić information content (AvgIpc) is 2.66. The van der Waals surface area contributed by atoms with Crippen LogP contribution in [0.4, 0.5) is 0 Å². The largest absolute Gasteiger partial charge is 0.478 e. The molecule has 2 aromatic rings. The Hall–Kier alpha value is -2.51. The van der Waals surface area contributed by atoms with Crippen molar-refractivity contribution in [3.63, 3.8) is 0 Å². The minimum absolute atomic E-state index is 0.0335. The van der Waals surface area contributed by atoms with Gasteiger partial charge in [-0.2, -0.15) is 0 Å². The molecule has 0 fully saturated rings. The number of thiocarbonyl (C=S) groups is 1. The number of carboxylic acid groups (broad SMARTS) is 1. The zero-order valence-corrected chi connectivity index (χ0v) is 16.4. The molecule has 1 aliphatic rings. The normalized spacial score (nSPS) is 12.4. The highest BCUT2D eigenvalue weighted by Gasteiger charge is 2.34. The number of carbonyl (C=O) groups excluding carboxylic acids is 2. The standard InChI is InChI=1S/C20H17NO4S2/c1-3-21(4-2)20(26)27-18-14(19(24)25)10-9-13-15(18)17(23)12-8-6-5-7-11(12)16(13)22/h5-10H,3-4H2,1-2H3,(H,24,25). The van der Waals surface area contributed by atoms with Crippen molar-refractivity contribution < 1.29 is 19.5 Å². The summed E-state index contributed by atoms with van der Waals surface area (Å²) in [6, 6.07) is 9.36. The third-order valence-electron chi connectivity index (χ3n) is 4.49. The summed E-state index contributed by atoms with van der Waals surface area (Å²) in [5, 5.41) is 9.61. The van der Waals surface area contributed by atoms with Gasteiger partial charge in [0.2, 0.25) is 0 Å². The third-order valence-corrected chi connectivity index (χ3v) is 6.06. The zero-order valence-electron chi connectivity index (χ0n) is 14.8. The summed E-state index contributed by atoms with van der Waals surface area (Å²) in [6.07, 6.45) is 0. The molecule has 0 heterocycles. The fourth-order valence-electron chi connectivity index (χ4n) is 3.06. The van der Waals surface area contributed by atoms with Gasteiger partial charge in [-0.05, 0) is 26.0 Å². The smallest absolute Gasteiger partial charge is 0.336 e. The van der Waals surface area contributed by atoms with Gasteiger partial charge in [-0.15, -0.1) is 0 Å². The van der Waals surface area contributed by atoms with E-state index < -0.39 is 5.97 Å². The lowest BCUT2D eigenvalue weighted by atomic mass is 9.83. The van der Waals surface area contributed by atoms with Gasteiger partial charge in [0.05, 0.1) is 5.56 Å². The van der Waals surface area contributed by atoms with Crippen molar-refractivity contribution >= 4 is 45.8 Å². The van der Waals surface area contributed by atoms with Crippen LogP contribution in [0.5, 0.6) is 0 Å². The Balaban J connectivity index is 2.21. The van der Waals surface area contributed by atoms with Crippen LogP contribution in [0.2, 0.25) is 0 Å². The molecular formula is C20H17NO4S2. The van der Waals surface area contributed by atoms with Crippen molar-refractivity contribution in [1.29, 1.82) is 0 Å². The quantitative estimate of drug-likeness (QED) is 0.527. The maximum Gasteiger partial charge on any atom is 0.336 e. The molecule has 2 aromatic carbocycles. The number of rotatable bonds is 4. The average molecular weight is 399 g/mol. The molecule has 0 unspecified atom stereocenters. The number of hydrogen-bond donors (Lipinski definition) is 1. The van der Waals surface area contributed by atoms with E-state index >= 15 is 0 Å². The number of aromatic carboxylic acids is 1. The van der Waals surface area contributed by atoms with Crippen LogP contribution in [-0.4, -0.2) is 45.0 Å². The lowest BCUT2D eigenvalue weighted by Gasteiger charge is -2.24. The van der Waals surface area contributed by atoms with Crippen LogP contribution in [0.1, 0.15) is 56.0 Å². The second kappa shape index (κ2) is 7.62. The van der Waals surface area contributed by atoms with E-state index in [-0.39, 0.29) is 38.7 Å². The molecule has 0 aliphatic heterocycles. The fourth-order valence-corrected chi connectivity index (χ4v) is 4.70. The van der Waals surface area contributed by atoms with E-state index in [2.05, 4.69) is 0 Å². The Bertz CT molecular complexity index is 980. The fraction of sp³-hybridized carbons (Fsp3) is 0.200. The van der Waals surface area contributed by atoms with Crippen LogP contribution in [0.15, 0.2) is 41.3 Å². The van der Waals surface area contributed by atoms with Crippen LogP contribution >= 0.6 is 24.0 Å². The van der Waals surface area contributed by atoms with Crippen molar-refractivity contribution in [3.05, 3.63) is 64.2 Å². The highest BCUT2D eigenvalue weighted by atomic mass is 32.2. The molecule has 1 N–H and O–H groups in total. The van der Waals surface area contributed by atoms with Crippen LogP contribution in [0.25, 0.3) is 0 Å². The zero-order chi connectivity index (χ0) is 19.7. The second-order valence-electron chi connectivity index (χ2n) is 5.91. The van der Waals surface area contributed by atoms with Gasteiger partial charge in [-0.1, -0.05) is 48.2 Å². The first-order valence-corrected chi connectivity index (χ1v) is 9.68. The van der Waals surface area contributed by atoms with Crippen molar-refractivity contribution in [2.45, 2.75) is 18.7 Å². The molecule has 0 aromatic heterocycles. The SMILES string of the molecule is CCN(CC)C(=S)Sc1c(C(=O)O)ccc2c1C(=O)c1ccccc1C2=O. The molecule has 0 spiro atoms. The van der Waals surface area contributed by atoms with E-state index in [1.807, 2.05) is 18.7 Å². The van der Waals surface area contributed by atoms with Gasteiger partial charge >= 0.3 is 5.97 Å². The van der Waals surface area contributed by atoms with Gasteiger partial charge in [-0.3, -0.25) is 9.59 Å². The van der Waals surface area contributed by atoms with Crippen molar-refractivity contribution in [1.82, 2.24) is 4.90 Å². The predicted molar refractivity (Wildman–Crippen MR) is 108 cm³/mol. The van der Waals surface area contributed by atoms with Gasteiger partial charge in [0.25, 0.3) is 0 Å². The lowest BCUT2D eigenvalue weighted by Crippen LogP contribution is -2.28. The summed E-state index contributed by atoms with van der Waals surface area (Å²) in [6.45, 7) is 5.21. The van der Waals surface area contributed by atoms with E-state index in [1.165, 1.54) is 12.1 Å². The van der Waals surface area contributed by atoms with E-state index in [0.717, 1.165) is 11.8 Å². The molecule has 1 aliphatic carbocycles. The van der Waals surface area contributed by atoms with Crippen molar-refractivity contribution in [2.75, 3.05) is 13.1 Å². The molecule has 27 heavy (non-hydrogen) atoms. The molecule has 7 heteroatoms. The molecular weight excluding hydrogens is 382 g/mol. The Morgan fingerprint density at radius 3 is 2.15 bits per heavy atom. The Kier molecular flexibility index (Phi) is 5.43. The molecule has 0 saturated carbocycles. The molecule has 5 nitrogen and oxygen atoms in total. The molecule has 3 rings (SSSR count). The van der Waals surface area contributed by atoms with Gasteiger partial charge in [0.1, 0.15) is 4.32 Å². The Morgan fingerprint density at radius 1 is 1.00 bits per heavy atom. The number of thioether (sulfide) groups is 1. The van der Waals surface area contributed by atoms with E-state index in [4.69, 9.17) is 12.2 Å². The second-order valence-corrected chi connectivity index (χ2v) is 7.56. The molecule has 0 amide bonds. The summed E-state index contributed by atoms with van der Waals surface area (Å²) >= 11 is 6.51. The first-order valence-electron chi connectivity index (χ1n) is 8.46. The minimum atomic E-state index is -1.17. The number of ketones is 2. The summed E-state index contributed by atoms with van der Waals surface area (Å²) in [5.41, 5.74) is 0.925. The number of benzene rings is 2. The first kappa shape index (κ1) is 19.3. The molecule has 0 bridgehead atoms. The maximum absolute atomic E-state index is 13.1. The number of nitrogens with zero attached hydrogens (tertiary/aromatic N) is 1. The van der Waals surface area contributed by atoms with Gasteiger partial charge < -0.3 is 10.0 Å². The first-order chi connectivity index (χ1) is 12.9. The molecule has 138 valence electrons. The van der Waals surface area contributed by atoms with Crippen molar-refractivity contribution in [2.24, 2.45) is 0 Å². The number of carboxylic acids is 1. The summed E-state index contributed by atoms with van der Waals surface area (Å²) < 4.78 is 0.468. The monoisotopic (exact) mass is 399 g/mol. The molecule has 0 radical (unpaired) electrons. The lowest BCUT2D eigenvalue weighted by molar-refractivity contribution is 0.0692. The van der Waals surface area contributed by atoms with Gasteiger partial charge in [-0.25, -0.2) is 4.79 Å². The Morgan fingerprint density at radius 2 is 1.59 bits per heavy atom. The summed E-state index contributed by atoms with van der Waals surface area (Å²) in [4.78, 5) is 39.9. The van der Waals surface area contributed by atoms with Crippen LogP contribution in [0.3, 0.4) is 0 Å². The summed E-state index contributed by atoms with van der Waals surface area (Å²) in [5.74, 6) is -1.80. The van der Waals surface area contributed by atoms with Crippen LogP contribution in [-0.2, 0) is 0 Å². The minimum Gasteiger partial charge on any atom is -0.478 e. The highest BCUT2D eigenvalue weighted by Crippen LogP contribution is 2.37. The van der Waals surface area contributed by atoms with E-state index in [1.54, 1.807) is 24.3 Å². The van der Waals surface area contributed by atoms with Gasteiger partial charge in [0.15, 0.2) is 11.6 Å². The van der Waals surface area contributed by atoms with Crippen LogP contribution < -0.4 is 0 Å². The topological polar surface area (TPSA) is 74.7 Å². The van der Waals surface area contributed by atoms with Crippen molar-refractivity contribution in [3.8, 4) is 0 Å². The van der Waals surface area contributed by atoms with E-state index in [9.17, 15) is 19.5 Å².